The molecule has 102 valence electrons. The maximum atomic E-state index is 5.71. The number of hydrogen-bond donors (Lipinski definition) is 2. The molecule has 0 heterocycles. The van der Waals surface area contributed by atoms with Crippen molar-refractivity contribution in [2.75, 3.05) is 14.2 Å². The number of nitrogens with one attached hydrogen (secondary N) is 1. The maximum absolute atomic E-state index is 5.71. The predicted octanol–water partition coefficient (Wildman–Crippen LogP) is 2.18. The maximum Gasteiger partial charge on any atom is 0.123 e. The third kappa shape index (κ3) is 3.22. The van der Waals surface area contributed by atoms with Crippen molar-refractivity contribution < 1.29 is 9.47 Å². The van der Waals surface area contributed by atoms with Crippen LogP contribution in [-0.2, 0) is 4.74 Å². The highest BCUT2D eigenvalue weighted by Gasteiger charge is 2.27. The van der Waals surface area contributed by atoms with Gasteiger partial charge in [0.1, 0.15) is 5.75 Å². The molecular formula is C14H24N2O2. The summed E-state index contributed by atoms with van der Waals surface area (Å²) in [6.45, 7) is 6.27. The summed E-state index contributed by atoms with van der Waals surface area (Å²) in [4.78, 5) is 0. The zero-order valence-electron chi connectivity index (χ0n) is 11.9. The zero-order valence-corrected chi connectivity index (χ0v) is 11.9. The van der Waals surface area contributed by atoms with E-state index in [4.69, 9.17) is 15.3 Å². The normalized spacial score (nSPS) is 14.6. The highest BCUT2D eigenvalue weighted by molar-refractivity contribution is 5.39. The summed E-state index contributed by atoms with van der Waals surface area (Å²) in [5, 5.41) is 0. The van der Waals surface area contributed by atoms with Gasteiger partial charge < -0.3 is 9.47 Å². The number of methoxy groups -OCH3 is 2. The van der Waals surface area contributed by atoms with Crippen molar-refractivity contribution in [3.05, 3.63) is 29.3 Å². The number of hydrazine groups is 1. The highest BCUT2D eigenvalue weighted by atomic mass is 16.5. The van der Waals surface area contributed by atoms with Crippen LogP contribution >= 0.6 is 0 Å². The molecule has 4 heteroatoms. The van der Waals surface area contributed by atoms with E-state index in [0.717, 1.165) is 11.3 Å². The first-order valence-electron chi connectivity index (χ1n) is 6.18. The Morgan fingerprint density at radius 2 is 1.89 bits per heavy atom. The predicted molar refractivity (Wildman–Crippen MR) is 73.4 cm³/mol. The fraction of sp³-hybridized carbons (Fsp3) is 0.571. The Hall–Kier alpha value is -1.10. The first-order valence-corrected chi connectivity index (χ1v) is 6.18. The highest BCUT2D eigenvalue weighted by Crippen LogP contribution is 2.31. The van der Waals surface area contributed by atoms with Gasteiger partial charge in [0.15, 0.2) is 0 Å². The molecule has 4 nitrogen and oxygen atoms in total. The molecule has 1 rings (SSSR count). The Labute approximate surface area is 109 Å². The Kier molecular flexibility index (Phi) is 5.59. The summed E-state index contributed by atoms with van der Waals surface area (Å²) in [5.74, 6) is 6.88. The van der Waals surface area contributed by atoms with E-state index >= 15 is 0 Å². The Morgan fingerprint density at radius 3 is 2.33 bits per heavy atom. The number of rotatable bonds is 6. The van der Waals surface area contributed by atoms with E-state index in [-0.39, 0.29) is 12.1 Å². The number of nitrogens with two attached hydrogens (primary N) is 1. The first-order chi connectivity index (χ1) is 8.54. The Balaban J connectivity index is 3.18. The van der Waals surface area contributed by atoms with Gasteiger partial charge in [0.05, 0.1) is 19.3 Å². The Bertz CT molecular complexity index is 380. The van der Waals surface area contributed by atoms with Gasteiger partial charge >= 0.3 is 0 Å². The molecule has 0 bridgehead atoms. The molecule has 1 aromatic rings. The van der Waals surface area contributed by atoms with Crippen LogP contribution in [0.25, 0.3) is 0 Å². The van der Waals surface area contributed by atoms with Gasteiger partial charge in [-0.3, -0.25) is 11.3 Å². The van der Waals surface area contributed by atoms with E-state index in [2.05, 4.69) is 25.3 Å². The largest absolute Gasteiger partial charge is 0.496 e. The number of aryl methyl sites for hydroxylation is 1. The summed E-state index contributed by atoms with van der Waals surface area (Å²) in [6.07, 6.45) is -0.00861. The smallest absolute Gasteiger partial charge is 0.123 e. The van der Waals surface area contributed by atoms with E-state index < -0.39 is 0 Å². The van der Waals surface area contributed by atoms with Crippen LogP contribution < -0.4 is 16.0 Å². The van der Waals surface area contributed by atoms with Gasteiger partial charge in [-0.05, 0) is 18.9 Å². The van der Waals surface area contributed by atoms with Crippen LogP contribution in [0.15, 0.2) is 18.2 Å². The van der Waals surface area contributed by atoms with Crippen molar-refractivity contribution in [3.63, 3.8) is 0 Å². The number of hydrogen-bond acceptors (Lipinski definition) is 4. The SMILES string of the molecule is COc1ccc(C)cc1C(NN)C(OC)C(C)C. The molecular weight excluding hydrogens is 228 g/mol. The summed E-state index contributed by atoms with van der Waals surface area (Å²) in [6, 6.07) is 5.97. The van der Waals surface area contributed by atoms with Gasteiger partial charge in [-0.1, -0.05) is 31.5 Å². The fourth-order valence-corrected chi connectivity index (χ4v) is 2.25. The fourth-order valence-electron chi connectivity index (χ4n) is 2.25. The van der Waals surface area contributed by atoms with Crippen molar-refractivity contribution in [2.45, 2.75) is 32.9 Å². The second-order valence-corrected chi connectivity index (χ2v) is 4.83. The summed E-state index contributed by atoms with van der Waals surface area (Å²) in [5.41, 5.74) is 5.05. The van der Waals surface area contributed by atoms with E-state index in [1.54, 1.807) is 14.2 Å². The van der Waals surface area contributed by atoms with Crippen molar-refractivity contribution in [1.29, 1.82) is 0 Å². The van der Waals surface area contributed by atoms with Crippen LogP contribution in [0.2, 0.25) is 0 Å². The lowest BCUT2D eigenvalue weighted by molar-refractivity contribution is 0.0319. The lowest BCUT2D eigenvalue weighted by Gasteiger charge is -2.30. The minimum atomic E-state index is -0.0927. The van der Waals surface area contributed by atoms with Gasteiger partial charge in [0.2, 0.25) is 0 Å². The van der Waals surface area contributed by atoms with Crippen molar-refractivity contribution in [2.24, 2.45) is 11.8 Å². The molecule has 0 fully saturated rings. The number of benzene rings is 1. The molecule has 0 aromatic heterocycles. The van der Waals surface area contributed by atoms with Crippen LogP contribution in [0, 0.1) is 12.8 Å². The molecule has 1 aromatic carbocycles. The average molecular weight is 252 g/mol. The lowest BCUT2D eigenvalue weighted by Crippen LogP contribution is -2.40. The van der Waals surface area contributed by atoms with Gasteiger partial charge in [-0.15, -0.1) is 0 Å². The lowest BCUT2D eigenvalue weighted by atomic mass is 9.92. The minimum absolute atomic E-state index is 0.00861. The standard InChI is InChI=1S/C14H24N2O2/c1-9(2)14(18-5)13(16-15)11-8-10(3)6-7-12(11)17-4/h6-9,13-14,16H,15H2,1-5H3. The van der Waals surface area contributed by atoms with Crippen molar-refractivity contribution >= 4 is 0 Å². The molecule has 18 heavy (non-hydrogen) atoms. The van der Waals surface area contributed by atoms with Gasteiger partial charge in [-0.25, -0.2) is 0 Å². The van der Waals surface area contributed by atoms with E-state index in [1.165, 1.54) is 5.56 Å². The molecule has 3 N–H and O–H groups in total. The second kappa shape index (κ2) is 6.73. The van der Waals surface area contributed by atoms with E-state index in [9.17, 15) is 0 Å². The van der Waals surface area contributed by atoms with Gasteiger partial charge in [-0.2, -0.15) is 0 Å². The molecule has 2 unspecified atom stereocenters. The van der Waals surface area contributed by atoms with Crippen LogP contribution in [0.3, 0.4) is 0 Å². The third-order valence-electron chi connectivity index (χ3n) is 3.16. The quantitative estimate of drug-likeness (QED) is 0.602. The van der Waals surface area contributed by atoms with E-state index in [1.807, 2.05) is 19.1 Å². The first kappa shape index (κ1) is 15.0. The molecule has 0 radical (unpaired) electrons. The van der Waals surface area contributed by atoms with Gasteiger partial charge in [0, 0.05) is 12.7 Å². The third-order valence-corrected chi connectivity index (χ3v) is 3.16. The molecule has 0 amide bonds. The molecule has 0 aliphatic carbocycles. The topological polar surface area (TPSA) is 56.5 Å². The summed E-state index contributed by atoms with van der Waals surface area (Å²) >= 11 is 0. The molecule has 0 saturated carbocycles. The second-order valence-electron chi connectivity index (χ2n) is 4.83. The molecule has 0 saturated heterocycles. The van der Waals surface area contributed by atoms with Crippen molar-refractivity contribution in [1.82, 2.24) is 5.43 Å². The van der Waals surface area contributed by atoms with Crippen LogP contribution in [0.1, 0.15) is 31.0 Å². The Morgan fingerprint density at radius 1 is 1.22 bits per heavy atom. The van der Waals surface area contributed by atoms with Crippen LogP contribution in [0.4, 0.5) is 0 Å². The van der Waals surface area contributed by atoms with Crippen LogP contribution in [0.5, 0.6) is 5.75 Å². The monoisotopic (exact) mass is 252 g/mol. The minimum Gasteiger partial charge on any atom is -0.496 e. The summed E-state index contributed by atoms with van der Waals surface area (Å²) in [7, 11) is 3.37. The van der Waals surface area contributed by atoms with Crippen LogP contribution in [-0.4, -0.2) is 20.3 Å². The zero-order chi connectivity index (χ0) is 13.7. The summed E-state index contributed by atoms with van der Waals surface area (Å²) < 4.78 is 11.0. The van der Waals surface area contributed by atoms with Gasteiger partial charge in [0.25, 0.3) is 0 Å². The molecule has 0 aliphatic rings. The average Bonchev–Trinajstić information content (AvgIpc) is 2.35. The molecule has 0 spiro atoms. The van der Waals surface area contributed by atoms with Crippen molar-refractivity contribution in [3.8, 4) is 5.75 Å². The molecule has 2 atom stereocenters. The molecule has 0 aliphatic heterocycles. The number of ether oxygens (including phenoxy) is 2. The van der Waals surface area contributed by atoms with E-state index in [0.29, 0.717) is 5.92 Å².